The van der Waals surface area contributed by atoms with E-state index >= 15 is 0 Å². The first-order valence-electron chi connectivity index (χ1n) is 10.1. The second-order valence-corrected chi connectivity index (χ2v) is 11.0. The van der Waals surface area contributed by atoms with Gasteiger partial charge in [-0.3, -0.25) is 4.79 Å². The normalized spacial score (nSPS) is 25.5. The zero-order chi connectivity index (χ0) is 20.5. The fraction of sp³-hybridized carbons (Fsp3) is 0.542. The number of hydrogen-bond donors (Lipinski definition) is 1. The van der Waals surface area contributed by atoms with Crippen molar-refractivity contribution in [3.8, 4) is 5.75 Å². The highest BCUT2D eigenvalue weighted by atomic mass is 32.1. The molecule has 1 aliphatic heterocycles. The predicted octanol–water partition coefficient (Wildman–Crippen LogP) is 5.98. The molecule has 1 N–H and O–H groups in total. The molecule has 0 radical (unpaired) electrons. The van der Waals surface area contributed by atoms with Crippen LogP contribution in [0.1, 0.15) is 87.4 Å². The molecular formula is C24H30O3S. The van der Waals surface area contributed by atoms with Gasteiger partial charge in [0.2, 0.25) is 0 Å². The topological polar surface area (TPSA) is 46.5 Å². The Labute approximate surface area is 171 Å². The highest BCUT2D eigenvalue weighted by molar-refractivity contribution is 7.10. The number of aliphatic carboxylic acids is 1. The van der Waals surface area contributed by atoms with Crippen molar-refractivity contribution >= 4 is 17.3 Å². The molecular weight excluding hydrogens is 368 g/mol. The third-order valence-electron chi connectivity index (χ3n) is 7.10. The number of benzene rings is 1. The molecule has 28 heavy (non-hydrogen) atoms. The van der Waals surface area contributed by atoms with Gasteiger partial charge in [-0.15, -0.1) is 11.3 Å². The Hall–Kier alpha value is -1.81. The smallest absolute Gasteiger partial charge is 0.310 e. The summed E-state index contributed by atoms with van der Waals surface area (Å²) in [5.74, 6) is -0.275. The fourth-order valence-corrected chi connectivity index (χ4v) is 5.83. The molecule has 1 aliphatic carbocycles. The van der Waals surface area contributed by atoms with E-state index in [2.05, 4.69) is 52.8 Å². The third kappa shape index (κ3) is 2.80. The Morgan fingerprint density at radius 2 is 1.64 bits per heavy atom. The van der Waals surface area contributed by atoms with Crippen molar-refractivity contribution in [1.82, 2.24) is 0 Å². The maximum Gasteiger partial charge on any atom is 0.310 e. The first-order chi connectivity index (χ1) is 13.0. The number of rotatable bonds is 3. The molecule has 1 aromatic carbocycles. The monoisotopic (exact) mass is 398 g/mol. The summed E-state index contributed by atoms with van der Waals surface area (Å²) in [6, 6.07) is 6.74. The van der Waals surface area contributed by atoms with Crippen molar-refractivity contribution in [3.05, 3.63) is 50.7 Å². The van der Waals surface area contributed by atoms with Gasteiger partial charge in [0.15, 0.2) is 0 Å². The van der Waals surface area contributed by atoms with Crippen LogP contribution in [0.2, 0.25) is 0 Å². The zero-order valence-corrected chi connectivity index (χ0v) is 18.5. The summed E-state index contributed by atoms with van der Waals surface area (Å²) in [7, 11) is 0. The van der Waals surface area contributed by atoms with Gasteiger partial charge in [0, 0.05) is 10.4 Å². The number of carbonyl (C=O) groups is 1. The van der Waals surface area contributed by atoms with Crippen LogP contribution in [-0.4, -0.2) is 17.7 Å². The third-order valence-corrected chi connectivity index (χ3v) is 8.31. The molecule has 2 unspecified atom stereocenters. The average Bonchev–Trinajstić information content (AvgIpc) is 3.24. The van der Waals surface area contributed by atoms with Crippen LogP contribution in [0.15, 0.2) is 23.6 Å². The Balaban J connectivity index is 1.83. The lowest BCUT2D eigenvalue weighted by Crippen LogP contribution is -2.34. The van der Waals surface area contributed by atoms with Crippen molar-refractivity contribution < 1.29 is 14.6 Å². The summed E-state index contributed by atoms with van der Waals surface area (Å²) in [6.07, 6.45) is 2.37. The van der Waals surface area contributed by atoms with E-state index in [1.165, 1.54) is 34.4 Å². The molecule has 1 aromatic heterocycles. The van der Waals surface area contributed by atoms with E-state index in [4.69, 9.17) is 4.74 Å². The largest absolute Gasteiger partial charge is 0.492 e. The van der Waals surface area contributed by atoms with E-state index in [1.807, 2.05) is 5.38 Å². The number of carboxylic acids is 1. The molecule has 150 valence electrons. The minimum Gasteiger partial charge on any atom is -0.492 e. The second kappa shape index (κ2) is 6.09. The standard InChI is InChI=1S/C24H30O3S/c1-14(21(25)26)15-9-20(28-12-15)24(6)13-27-19-11-17-16(10-18(19)24)22(2,3)7-8-23(17,4)5/h9-12,14H,7-8,13H2,1-6H3,(H,25,26). The molecule has 4 rings (SSSR count). The van der Waals surface area contributed by atoms with Gasteiger partial charge in [-0.25, -0.2) is 0 Å². The molecule has 2 aliphatic rings. The molecule has 0 saturated heterocycles. The number of carboxylic acid groups (broad SMARTS) is 1. The van der Waals surface area contributed by atoms with Crippen molar-refractivity contribution in [2.45, 2.75) is 76.5 Å². The highest BCUT2D eigenvalue weighted by Crippen LogP contribution is 2.52. The van der Waals surface area contributed by atoms with Gasteiger partial charge >= 0.3 is 5.97 Å². The van der Waals surface area contributed by atoms with E-state index in [0.29, 0.717) is 6.61 Å². The van der Waals surface area contributed by atoms with Crippen LogP contribution in [-0.2, 0) is 21.0 Å². The molecule has 3 nitrogen and oxygen atoms in total. The molecule has 2 atom stereocenters. The molecule has 2 aromatic rings. The van der Waals surface area contributed by atoms with Crippen LogP contribution in [0.3, 0.4) is 0 Å². The molecule has 0 amide bonds. The lowest BCUT2D eigenvalue weighted by molar-refractivity contribution is -0.138. The van der Waals surface area contributed by atoms with E-state index in [-0.39, 0.29) is 16.2 Å². The van der Waals surface area contributed by atoms with E-state index < -0.39 is 11.9 Å². The predicted molar refractivity (Wildman–Crippen MR) is 114 cm³/mol. The molecule has 0 spiro atoms. The van der Waals surface area contributed by atoms with Gasteiger partial charge in [-0.2, -0.15) is 0 Å². The minimum absolute atomic E-state index is 0.155. The van der Waals surface area contributed by atoms with E-state index in [1.54, 1.807) is 18.3 Å². The quantitative estimate of drug-likeness (QED) is 0.691. The van der Waals surface area contributed by atoms with Crippen LogP contribution in [0.4, 0.5) is 0 Å². The summed E-state index contributed by atoms with van der Waals surface area (Å²) < 4.78 is 6.20. The summed E-state index contributed by atoms with van der Waals surface area (Å²) >= 11 is 1.65. The lowest BCUT2D eigenvalue weighted by atomic mass is 9.62. The minimum atomic E-state index is -0.782. The van der Waals surface area contributed by atoms with Crippen LogP contribution in [0.5, 0.6) is 5.75 Å². The molecule has 0 saturated carbocycles. The van der Waals surface area contributed by atoms with Gasteiger partial charge in [-0.1, -0.05) is 33.8 Å². The van der Waals surface area contributed by atoms with Crippen LogP contribution >= 0.6 is 11.3 Å². The summed E-state index contributed by atoms with van der Waals surface area (Å²) in [5, 5.41) is 11.3. The number of fused-ring (bicyclic) bond motifs is 2. The Morgan fingerprint density at radius 3 is 2.25 bits per heavy atom. The highest BCUT2D eigenvalue weighted by Gasteiger charge is 2.44. The van der Waals surface area contributed by atoms with Gasteiger partial charge in [0.1, 0.15) is 12.4 Å². The van der Waals surface area contributed by atoms with Crippen molar-refractivity contribution in [2.24, 2.45) is 0 Å². The fourth-order valence-electron chi connectivity index (χ4n) is 4.66. The average molecular weight is 399 g/mol. The Morgan fingerprint density at radius 1 is 1.04 bits per heavy atom. The first kappa shape index (κ1) is 19.5. The van der Waals surface area contributed by atoms with Crippen LogP contribution < -0.4 is 4.74 Å². The Kier molecular flexibility index (Phi) is 4.24. The molecule has 0 fully saturated rings. The lowest BCUT2D eigenvalue weighted by Gasteiger charge is -2.42. The maximum atomic E-state index is 11.4. The number of hydrogen-bond acceptors (Lipinski definition) is 3. The van der Waals surface area contributed by atoms with Crippen molar-refractivity contribution in [2.75, 3.05) is 6.61 Å². The SMILES string of the molecule is CC(C(=O)O)c1csc(C2(C)COc3cc4c(cc32)C(C)(C)CCC4(C)C)c1. The van der Waals surface area contributed by atoms with E-state index in [0.717, 1.165) is 11.3 Å². The molecule has 0 bridgehead atoms. The summed E-state index contributed by atoms with van der Waals surface area (Å²) in [6.45, 7) is 13.9. The summed E-state index contributed by atoms with van der Waals surface area (Å²) in [5.41, 5.74) is 5.06. The van der Waals surface area contributed by atoms with E-state index in [9.17, 15) is 9.90 Å². The Bertz CT molecular complexity index is 953. The zero-order valence-electron chi connectivity index (χ0n) is 17.7. The number of thiophene rings is 1. The van der Waals surface area contributed by atoms with Gasteiger partial charge in [0.05, 0.1) is 11.3 Å². The molecule has 2 heterocycles. The van der Waals surface area contributed by atoms with Gasteiger partial charge in [-0.05, 0) is 71.7 Å². The van der Waals surface area contributed by atoms with Crippen molar-refractivity contribution in [1.29, 1.82) is 0 Å². The van der Waals surface area contributed by atoms with Gasteiger partial charge in [0.25, 0.3) is 0 Å². The first-order valence-corrected chi connectivity index (χ1v) is 11.0. The number of ether oxygens (including phenoxy) is 1. The maximum absolute atomic E-state index is 11.4. The van der Waals surface area contributed by atoms with Crippen LogP contribution in [0, 0.1) is 0 Å². The van der Waals surface area contributed by atoms with Crippen molar-refractivity contribution in [3.63, 3.8) is 0 Å². The second-order valence-electron chi connectivity index (χ2n) is 10.1. The molecule has 4 heteroatoms. The summed E-state index contributed by atoms with van der Waals surface area (Å²) in [4.78, 5) is 12.6. The van der Waals surface area contributed by atoms with Crippen LogP contribution in [0.25, 0.3) is 0 Å². The van der Waals surface area contributed by atoms with Gasteiger partial charge < -0.3 is 9.84 Å².